The first kappa shape index (κ1) is 18.6. The summed E-state index contributed by atoms with van der Waals surface area (Å²) in [6.45, 7) is 2.21. The normalized spacial score (nSPS) is 12.6. The van der Waals surface area contributed by atoms with E-state index in [2.05, 4.69) is 28.2 Å². The van der Waals surface area contributed by atoms with Gasteiger partial charge in [-0.2, -0.15) is 0 Å². The molecule has 0 aliphatic rings. The highest BCUT2D eigenvalue weighted by Gasteiger charge is 2.16. The lowest BCUT2D eigenvalue weighted by Gasteiger charge is -2.17. The second kappa shape index (κ2) is 10.3. The van der Waals surface area contributed by atoms with Crippen molar-refractivity contribution in [3.63, 3.8) is 0 Å². The molecule has 0 saturated heterocycles. The summed E-state index contributed by atoms with van der Waals surface area (Å²) < 4.78 is 28.1. The summed E-state index contributed by atoms with van der Waals surface area (Å²) >= 11 is 3.12. The average Bonchev–Trinajstić information content (AvgIpc) is 2.49. The Hall–Kier alpha value is -0.480. The summed E-state index contributed by atoms with van der Waals surface area (Å²) in [6.07, 6.45) is 8.73. The van der Waals surface area contributed by atoms with Crippen LogP contribution in [0.4, 0.5) is 8.78 Å². The fraction of sp³-hybridized carbons (Fsp3) is 0.647. The van der Waals surface area contributed by atoms with Gasteiger partial charge in [0.15, 0.2) is 0 Å². The van der Waals surface area contributed by atoms with Gasteiger partial charge in [-0.3, -0.25) is 0 Å². The highest BCUT2D eigenvalue weighted by Crippen LogP contribution is 2.23. The van der Waals surface area contributed by atoms with Gasteiger partial charge >= 0.3 is 0 Å². The summed E-state index contributed by atoms with van der Waals surface area (Å²) in [5.41, 5.74) is 0.176. The third-order valence-electron chi connectivity index (χ3n) is 3.90. The maximum absolute atomic E-state index is 14.0. The molecule has 21 heavy (non-hydrogen) atoms. The Morgan fingerprint density at radius 3 is 2.43 bits per heavy atom. The van der Waals surface area contributed by atoms with Crippen molar-refractivity contribution in [3.8, 4) is 0 Å². The number of nitrogens with one attached hydrogen (secondary N) is 1. The summed E-state index contributed by atoms with van der Waals surface area (Å²) in [6, 6.07) is 2.85. The lowest BCUT2D eigenvalue weighted by atomic mass is 9.99. The molecule has 0 fully saturated rings. The molecule has 1 aromatic carbocycles. The molecule has 0 radical (unpaired) electrons. The first-order valence-electron chi connectivity index (χ1n) is 7.89. The summed E-state index contributed by atoms with van der Waals surface area (Å²) in [5.74, 6) is -0.933. The van der Waals surface area contributed by atoms with E-state index < -0.39 is 11.6 Å². The van der Waals surface area contributed by atoms with Crippen LogP contribution in [0.3, 0.4) is 0 Å². The molecule has 120 valence electrons. The standard InChI is InChI=1S/C17H26BrF2N/c1-3-4-5-6-7-8-9-13(21-2)12-14-16(19)11-10-15(18)17(14)20/h10-11,13,21H,3-9,12H2,1-2H3. The third kappa shape index (κ3) is 6.43. The van der Waals surface area contributed by atoms with Gasteiger partial charge in [-0.25, -0.2) is 8.78 Å². The number of halogens is 3. The smallest absolute Gasteiger partial charge is 0.143 e. The Morgan fingerprint density at radius 1 is 1.10 bits per heavy atom. The molecule has 0 spiro atoms. The molecule has 4 heteroatoms. The van der Waals surface area contributed by atoms with E-state index in [1.807, 2.05) is 7.05 Å². The van der Waals surface area contributed by atoms with E-state index in [4.69, 9.17) is 0 Å². The highest BCUT2D eigenvalue weighted by atomic mass is 79.9. The van der Waals surface area contributed by atoms with Crippen molar-refractivity contribution in [2.45, 2.75) is 64.3 Å². The molecule has 0 amide bonds. The van der Waals surface area contributed by atoms with E-state index in [0.29, 0.717) is 10.9 Å². The van der Waals surface area contributed by atoms with Crippen LogP contribution in [0, 0.1) is 11.6 Å². The summed E-state index contributed by atoms with van der Waals surface area (Å²) in [4.78, 5) is 0. The predicted molar refractivity (Wildman–Crippen MR) is 88.6 cm³/mol. The minimum absolute atomic E-state index is 0.120. The Labute approximate surface area is 135 Å². The molecule has 1 rings (SSSR count). The van der Waals surface area contributed by atoms with E-state index in [0.717, 1.165) is 12.8 Å². The van der Waals surface area contributed by atoms with Crippen molar-refractivity contribution in [1.29, 1.82) is 0 Å². The van der Waals surface area contributed by atoms with E-state index in [1.165, 1.54) is 44.2 Å². The van der Waals surface area contributed by atoms with Gasteiger partial charge in [-0.1, -0.05) is 45.4 Å². The molecule has 0 saturated carbocycles. The van der Waals surface area contributed by atoms with Gasteiger partial charge in [0.1, 0.15) is 11.6 Å². The van der Waals surface area contributed by atoms with Crippen LogP contribution in [0.1, 0.15) is 57.4 Å². The van der Waals surface area contributed by atoms with E-state index >= 15 is 0 Å². The zero-order chi connectivity index (χ0) is 15.7. The number of rotatable bonds is 10. The van der Waals surface area contributed by atoms with Crippen molar-refractivity contribution in [2.24, 2.45) is 0 Å². The SMILES string of the molecule is CCCCCCCCC(Cc1c(F)ccc(Br)c1F)NC. The zero-order valence-corrected chi connectivity index (χ0v) is 14.6. The van der Waals surface area contributed by atoms with Crippen molar-refractivity contribution in [2.75, 3.05) is 7.05 Å². The third-order valence-corrected chi connectivity index (χ3v) is 4.52. The molecule has 1 unspecified atom stereocenters. The van der Waals surface area contributed by atoms with Gasteiger partial charge < -0.3 is 5.32 Å². The average molecular weight is 362 g/mol. The molecule has 1 atom stereocenters. The van der Waals surface area contributed by atoms with Crippen LogP contribution in [-0.4, -0.2) is 13.1 Å². The topological polar surface area (TPSA) is 12.0 Å². The summed E-state index contributed by atoms with van der Waals surface area (Å²) in [7, 11) is 1.86. The Bertz CT molecular complexity index is 423. The second-order valence-electron chi connectivity index (χ2n) is 5.57. The van der Waals surface area contributed by atoms with Gasteiger partial charge in [-0.15, -0.1) is 0 Å². The molecular weight excluding hydrogens is 336 g/mol. The van der Waals surface area contributed by atoms with Crippen molar-refractivity contribution in [3.05, 3.63) is 33.8 Å². The minimum Gasteiger partial charge on any atom is -0.317 e. The quantitative estimate of drug-likeness (QED) is 0.421. The van der Waals surface area contributed by atoms with E-state index in [-0.39, 0.29) is 11.6 Å². The van der Waals surface area contributed by atoms with Crippen LogP contribution in [0.2, 0.25) is 0 Å². The summed E-state index contributed by atoms with van der Waals surface area (Å²) in [5, 5.41) is 3.18. The van der Waals surface area contributed by atoms with Gasteiger partial charge in [0.05, 0.1) is 4.47 Å². The van der Waals surface area contributed by atoms with Crippen LogP contribution in [0.15, 0.2) is 16.6 Å². The fourth-order valence-corrected chi connectivity index (χ4v) is 2.89. The second-order valence-corrected chi connectivity index (χ2v) is 6.42. The molecule has 0 heterocycles. The first-order valence-corrected chi connectivity index (χ1v) is 8.69. The van der Waals surface area contributed by atoms with Crippen LogP contribution in [0.5, 0.6) is 0 Å². The lowest BCUT2D eigenvalue weighted by molar-refractivity contribution is 0.458. The number of hydrogen-bond acceptors (Lipinski definition) is 1. The lowest BCUT2D eigenvalue weighted by Crippen LogP contribution is -2.28. The van der Waals surface area contributed by atoms with Crippen molar-refractivity contribution < 1.29 is 8.78 Å². The molecule has 1 nitrogen and oxygen atoms in total. The van der Waals surface area contributed by atoms with Gasteiger partial charge in [0.2, 0.25) is 0 Å². The predicted octanol–water partition coefficient (Wildman–Crippen LogP) is 5.61. The first-order chi connectivity index (χ1) is 10.1. The minimum atomic E-state index is -0.474. The maximum Gasteiger partial charge on any atom is 0.143 e. The molecule has 0 bridgehead atoms. The van der Waals surface area contributed by atoms with Crippen LogP contribution < -0.4 is 5.32 Å². The molecule has 0 aliphatic heterocycles. The monoisotopic (exact) mass is 361 g/mol. The van der Waals surface area contributed by atoms with Gasteiger partial charge in [0.25, 0.3) is 0 Å². The van der Waals surface area contributed by atoms with Gasteiger partial charge in [-0.05, 0) is 48.0 Å². The largest absolute Gasteiger partial charge is 0.317 e. The van der Waals surface area contributed by atoms with Crippen LogP contribution in [-0.2, 0) is 6.42 Å². The van der Waals surface area contributed by atoms with Crippen LogP contribution in [0.25, 0.3) is 0 Å². The number of hydrogen-bond donors (Lipinski definition) is 1. The molecule has 0 aliphatic carbocycles. The highest BCUT2D eigenvalue weighted by molar-refractivity contribution is 9.10. The van der Waals surface area contributed by atoms with Gasteiger partial charge in [0, 0.05) is 11.6 Å². The molecule has 0 aromatic heterocycles. The molecule has 1 aromatic rings. The van der Waals surface area contributed by atoms with Crippen molar-refractivity contribution >= 4 is 15.9 Å². The number of unbranched alkanes of at least 4 members (excludes halogenated alkanes) is 5. The zero-order valence-electron chi connectivity index (χ0n) is 13.0. The maximum atomic E-state index is 14.0. The van der Waals surface area contributed by atoms with E-state index in [1.54, 1.807) is 0 Å². The van der Waals surface area contributed by atoms with E-state index in [9.17, 15) is 8.78 Å². The Balaban J connectivity index is 2.45. The number of benzene rings is 1. The number of likely N-dealkylation sites (N-methyl/N-ethyl adjacent to an activating group) is 1. The fourth-order valence-electron chi connectivity index (χ4n) is 2.52. The van der Waals surface area contributed by atoms with Crippen LogP contribution >= 0.6 is 15.9 Å². The molecular formula is C17H26BrF2N. The Morgan fingerprint density at radius 2 is 1.76 bits per heavy atom. The Kier molecular flexibility index (Phi) is 9.09. The molecule has 1 N–H and O–H groups in total. The van der Waals surface area contributed by atoms with Crippen molar-refractivity contribution in [1.82, 2.24) is 5.32 Å².